The second kappa shape index (κ2) is 4.41. The molecule has 0 unspecified atom stereocenters. The molecule has 80 valence electrons. The zero-order valence-corrected chi connectivity index (χ0v) is 9.50. The van der Waals surface area contributed by atoms with E-state index >= 15 is 0 Å². The maximum atomic E-state index is 11.3. The normalized spacial score (nSPS) is 11.0. The number of pyridine rings is 1. The number of nitrogens with zero attached hydrogens (tertiary/aromatic N) is 2. The quantitative estimate of drug-likeness (QED) is 0.738. The van der Waals surface area contributed by atoms with Crippen LogP contribution in [0.15, 0.2) is 17.0 Å². The fourth-order valence-electron chi connectivity index (χ4n) is 1.20. The summed E-state index contributed by atoms with van der Waals surface area (Å²) in [6, 6.07) is 2.84. The average Bonchev–Trinajstić information content (AvgIpc) is 2.16. The molecule has 0 spiro atoms. The van der Waals surface area contributed by atoms with Crippen molar-refractivity contribution in [2.24, 2.45) is 0 Å². The molecule has 0 fully saturated rings. The lowest BCUT2D eigenvalue weighted by atomic mass is 10.2. The first-order valence-electron chi connectivity index (χ1n) is 4.56. The molecule has 0 amide bonds. The SMILES string of the molecule is [C-]#[N+]c1cc(S(C)(=O)=O)cc(CCC)n1. The van der Waals surface area contributed by atoms with E-state index < -0.39 is 9.84 Å². The molecule has 0 saturated carbocycles. The van der Waals surface area contributed by atoms with Crippen molar-refractivity contribution < 1.29 is 8.42 Å². The molecule has 0 aliphatic carbocycles. The van der Waals surface area contributed by atoms with Gasteiger partial charge in [-0.1, -0.05) is 13.5 Å². The predicted octanol–water partition coefficient (Wildman–Crippen LogP) is 1.99. The zero-order chi connectivity index (χ0) is 11.5. The van der Waals surface area contributed by atoms with E-state index in [4.69, 9.17) is 6.57 Å². The molecular weight excluding hydrogens is 212 g/mol. The van der Waals surface area contributed by atoms with Crippen LogP contribution in [-0.4, -0.2) is 19.7 Å². The van der Waals surface area contributed by atoms with E-state index in [1.807, 2.05) is 6.92 Å². The molecule has 1 aromatic rings. The van der Waals surface area contributed by atoms with Gasteiger partial charge in [-0.3, -0.25) is 0 Å². The van der Waals surface area contributed by atoms with Crippen LogP contribution in [0.3, 0.4) is 0 Å². The van der Waals surface area contributed by atoms with E-state index in [0.717, 1.165) is 12.7 Å². The number of hydrogen-bond acceptors (Lipinski definition) is 3. The minimum absolute atomic E-state index is 0.140. The Morgan fingerprint density at radius 2 is 2.13 bits per heavy atom. The monoisotopic (exact) mass is 224 g/mol. The largest absolute Gasteiger partial charge is 0.361 e. The first-order valence-corrected chi connectivity index (χ1v) is 6.45. The molecular formula is C10H12N2O2S. The molecule has 4 nitrogen and oxygen atoms in total. The third-order valence-electron chi connectivity index (χ3n) is 1.89. The number of sulfone groups is 1. The molecule has 0 bridgehead atoms. The van der Waals surface area contributed by atoms with Gasteiger partial charge in [0.2, 0.25) is 0 Å². The Labute approximate surface area is 89.7 Å². The minimum Gasteiger partial charge on any atom is -0.361 e. The smallest absolute Gasteiger partial charge is 0.271 e. The summed E-state index contributed by atoms with van der Waals surface area (Å²) in [7, 11) is -3.26. The van der Waals surface area contributed by atoms with Gasteiger partial charge in [0.15, 0.2) is 9.84 Å². The third-order valence-corrected chi connectivity index (χ3v) is 2.98. The van der Waals surface area contributed by atoms with Crippen LogP contribution in [0.5, 0.6) is 0 Å². The average molecular weight is 224 g/mol. The van der Waals surface area contributed by atoms with Crippen LogP contribution in [0.2, 0.25) is 0 Å². The fraction of sp³-hybridized carbons (Fsp3) is 0.400. The van der Waals surface area contributed by atoms with Crippen molar-refractivity contribution in [1.29, 1.82) is 0 Å². The van der Waals surface area contributed by atoms with Gasteiger partial charge in [0.1, 0.15) is 5.69 Å². The van der Waals surface area contributed by atoms with Crippen molar-refractivity contribution in [2.45, 2.75) is 24.7 Å². The van der Waals surface area contributed by atoms with Gasteiger partial charge >= 0.3 is 0 Å². The maximum Gasteiger partial charge on any atom is 0.271 e. The Balaban J connectivity index is 3.31. The minimum atomic E-state index is -3.26. The van der Waals surface area contributed by atoms with Crippen LogP contribution in [0.4, 0.5) is 5.82 Å². The Morgan fingerprint density at radius 1 is 1.47 bits per heavy atom. The molecule has 5 heteroatoms. The summed E-state index contributed by atoms with van der Waals surface area (Å²) in [5.41, 5.74) is 0.659. The topological polar surface area (TPSA) is 51.4 Å². The Morgan fingerprint density at radius 3 is 2.60 bits per heavy atom. The molecule has 1 heterocycles. The van der Waals surface area contributed by atoms with Crippen molar-refractivity contribution in [1.82, 2.24) is 4.98 Å². The van der Waals surface area contributed by atoms with Crippen LogP contribution >= 0.6 is 0 Å². The summed E-state index contributed by atoms with van der Waals surface area (Å²) in [6.07, 6.45) is 2.69. The Kier molecular flexibility index (Phi) is 3.43. The second-order valence-electron chi connectivity index (χ2n) is 3.29. The van der Waals surface area contributed by atoms with Gasteiger partial charge < -0.3 is 4.85 Å². The van der Waals surface area contributed by atoms with Crippen molar-refractivity contribution in [3.63, 3.8) is 0 Å². The fourth-order valence-corrected chi connectivity index (χ4v) is 1.87. The van der Waals surface area contributed by atoms with Gasteiger partial charge in [-0.15, -0.1) is 4.98 Å². The number of aryl methyl sites for hydroxylation is 1. The molecule has 1 aromatic heterocycles. The molecule has 0 radical (unpaired) electrons. The summed E-state index contributed by atoms with van der Waals surface area (Å²) in [6.45, 7) is 8.82. The summed E-state index contributed by atoms with van der Waals surface area (Å²) >= 11 is 0. The molecule has 0 atom stereocenters. The second-order valence-corrected chi connectivity index (χ2v) is 5.30. The lowest BCUT2D eigenvalue weighted by Crippen LogP contribution is -2.00. The van der Waals surface area contributed by atoms with E-state index in [1.54, 1.807) is 0 Å². The highest BCUT2D eigenvalue weighted by atomic mass is 32.2. The van der Waals surface area contributed by atoms with Gasteiger partial charge in [-0.25, -0.2) is 8.42 Å². The summed E-state index contributed by atoms with van der Waals surface area (Å²) < 4.78 is 22.7. The van der Waals surface area contributed by atoms with Crippen LogP contribution in [0.1, 0.15) is 19.0 Å². The third kappa shape index (κ3) is 3.03. The molecule has 0 aliphatic rings. The van der Waals surface area contributed by atoms with E-state index in [-0.39, 0.29) is 10.7 Å². The first kappa shape index (κ1) is 11.7. The molecule has 0 aliphatic heterocycles. The summed E-state index contributed by atoms with van der Waals surface area (Å²) in [5.74, 6) is 0.140. The van der Waals surface area contributed by atoms with E-state index in [2.05, 4.69) is 9.83 Å². The highest BCUT2D eigenvalue weighted by Crippen LogP contribution is 2.18. The summed E-state index contributed by atoms with van der Waals surface area (Å²) in [5, 5.41) is 0. The van der Waals surface area contributed by atoms with Crippen molar-refractivity contribution >= 4 is 15.7 Å². The van der Waals surface area contributed by atoms with Gasteiger partial charge in [-0.2, -0.15) is 0 Å². The number of rotatable bonds is 3. The van der Waals surface area contributed by atoms with Gasteiger partial charge in [0.05, 0.1) is 4.90 Å². The standard InChI is InChI=1S/C10H12N2O2S/c1-4-5-8-6-9(15(3,13)14)7-10(11-2)12-8/h6-7H,4-5H2,1,3H3. The lowest BCUT2D eigenvalue weighted by Gasteiger charge is -2.00. The highest BCUT2D eigenvalue weighted by Gasteiger charge is 2.12. The number of aromatic nitrogens is 1. The van der Waals surface area contributed by atoms with Crippen LogP contribution < -0.4 is 0 Å². The van der Waals surface area contributed by atoms with Crippen molar-refractivity contribution in [3.8, 4) is 0 Å². The maximum absolute atomic E-state index is 11.3. The summed E-state index contributed by atoms with van der Waals surface area (Å²) in [4.78, 5) is 7.37. The Bertz CT molecular complexity index is 501. The van der Waals surface area contributed by atoms with Crippen molar-refractivity contribution in [3.05, 3.63) is 29.2 Å². The molecule has 0 aromatic carbocycles. The highest BCUT2D eigenvalue weighted by molar-refractivity contribution is 7.90. The van der Waals surface area contributed by atoms with Crippen molar-refractivity contribution in [2.75, 3.05) is 6.26 Å². The van der Waals surface area contributed by atoms with Crippen LogP contribution in [0, 0.1) is 6.57 Å². The molecule has 0 saturated heterocycles. The van der Waals surface area contributed by atoms with Gasteiger partial charge in [0, 0.05) is 18.7 Å². The Hall–Kier alpha value is -1.41. The predicted molar refractivity (Wildman–Crippen MR) is 57.6 cm³/mol. The molecule has 0 N–H and O–H groups in total. The molecule has 1 rings (SSSR count). The first-order chi connectivity index (χ1) is 6.97. The lowest BCUT2D eigenvalue weighted by molar-refractivity contribution is 0.601. The zero-order valence-electron chi connectivity index (χ0n) is 8.69. The van der Waals surface area contributed by atoms with E-state index in [9.17, 15) is 8.42 Å². The van der Waals surface area contributed by atoms with E-state index in [1.165, 1.54) is 12.1 Å². The number of hydrogen-bond donors (Lipinski definition) is 0. The van der Waals surface area contributed by atoms with E-state index in [0.29, 0.717) is 12.1 Å². The van der Waals surface area contributed by atoms with Crippen LogP contribution in [0.25, 0.3) is 4.85 Å². The van der Waals surface area contributed by atoms with Crippen LogP contribution in [-0.2, 0) is 16.3 Å². The van der Waals surface area contributed by atoms with Gasteiger partial charge in [-0.05, 0) is 12.5 Å². The molecule has 15 heavy (non-hydrogen) atoms. The van der Waals surface area contributed by atoms with Gasteiger partial charge in [0.25, 0.3) is 5.82 Å².